The number of nitrogens with zero attached hydrogens (tertiary/aromatic N) is 2. The van der Waals surface area contributed by atoms with Gasteiger partial charge in [0.05, 0.1) is 0 Å². The summed E-state index contributed by atoms with van der Waals surface area (Å²) in [7, 11) is -4.53. The van der Waals surface area contributed by atoms with E-state index in [1.807, 2.05) is 0 Å². The van der Waals surface area contributed by atoms with Gasteiger partial charge in [-0.2, -0.15) is 17.9 Å². The molecule has 2 aromatic heterocycles. The second kappa shape index (κ2) is 8.79. The Morgan fingerprint density at radius 3 is 2.65 bits per heavy atom. The van der Waals surface area contributed by atoms with Crippen molar-refractivity contribution in [2.24, 2.45) is 0 Å². The largest absolute Gasteiger partial charge is 0.404 e. The number of aromatic nitrogens is 2. The summed E-state index contributed by atoms with van der Waals surface area (Å²) in [6.07, 6.45) is -0.796. The van der Waals surface area contributed by atoms with Gasteiger partial charge in [-0.3, -0.25) is 4.79 Å². The van der Waals surface area contributed by atoms with Gasteiger partial charge in [-0.1, -0.05) is 18.0 Å². The van der Waals surface area contributed by atoms with Gasteiger partial charge in [-0.05, 0) is 45.2 Å². The van der Waals surface area contributed by atoms with Crippen molar-refractivity contribution < 1.29 is 26.4 Å². The van der Waals surface area contributed by atoms with Crippen molar-refractivity contribution in [3.63, 3.8) is 0 Å². The van der Waals surface area contributed by atoms with Crippen LogP contribution in [0.5, 0.6) is 0 Å². The number of rotatable bonds is 5. The summed E-state index contributed by atoms with van der Waals surface area (Å²) in [5.41, 5.74) is 0.915. The van der Waals surface area contributed by atoms with Gasteiger partial charge in [-0.25, -0.2) is 13.4 Å². The van der Waals surface area contributed by atoms with E-state index < -0.39 is 28.1 Å². The van der Waals surface area contributed by atoms with Crippen LogP contribution >= 0.6 is 11.6 Å². The molecule has 3 rings (SSSR count). The Balaban J connectivity index is 2.07. The molecule has 3 heterocycles. The zero-order valence-electron chi connectivity index (χ0n) is 16.9. The molecule has 2 aromatic rings. The number of carbonyl (C=O) groups excluding carboxylic acids is 1. The van der Waals surface area contributed by atoms with Gasteiger partial charge < -0.3 is 9.88 Å². The summed E-state index contributed by atoms with van der Waals surface area (Å²) < 4.78 is 68.2. The number of amides is 1. The Hall–Kier alpha value is -2.11. The van der Waals surface area contributed by atoms with Crippen molar-refractivity contribution in [1.29, 1.82) is 0 Å². The molecule has 12 heteroatoms. The smallest absolute Gasteiger partial charge is 0.339 e. The second-order valence-electron chi connectivity index (χ2n) is 7.42. The Morgan fingerprint density at radius 1 is 1.29 bits per heavy atom. The monoisotopic (exact) mass is 478 g/mol. The van der Waals surface area contributed by atoms with Crippen molar-refractivity contribution >= 4 is 33.2 Å². The molecule has 1 atom stereocenters. The second-order valence-corrected chi connectivity index (χ2v) is 9.46. The molecule has 0 aromatic carbocycles. The molecule has 1 aliphatic heterocycles. The molecule has 31 heavy (non-hydrogen) atoms. The lowest BCUT2D eigenvalue weighted by molar-refractivity contribution is -0.147. The molecule has 1 amide bonds. The highest BCUT2D eigenvalue weighted by Crippen LogP contribution is 2.33. The average Bonchev–Trinajstić information content (AvgIpc) is 2.76. The molecule has 0 fully saturated rings. The summed E-state index contributed by atoms with van der Waals surface area (Å²) in [5, 5.41) is 2.82. The number of nitrogens with one attached hydrogen (secondary N) is 2. The quantitative estimate of drug-likeness (QED) is 0.634. The summed E-state index contributed by atoms with van der Waals surface area (Å²) in [5.74, 6) is -0.576. The van der Waals surface area contributed by atoms with Gasteiger partial charge in [0.2, 0.25) is 10.0 Å². The first kappa shape index (κ1) is 23.6. The van der Waals surface area contributed by atoms with E-state index >= 15 is 0 Å². The van der Waals surface area contributed by atoms with Crippen LogP contribution in [0.2, 0.25) is 5.15 Å². The maximum absolute atomic E-state index is 13.1. The Labute approximate surface area is 183 Å². The van der Waals surface area contributed by atoms with Crippen molar-refractivity contribution in [1.82, 2.24) is 14.3 Å². The van der Waals surface area contributed by atoms with E-state index in [9.17, 15) is 26.4 Å². The third kappa shape index (κ3) is 5.04. The first-order chi connectivity index (χ1) is 14.4. The zero-order valence-corrected chi connectivity index (χ0v) is 18.5. The predicted octanol–water partition coefficient (Wildman–Crippen LogP) is 4.05. The van der Waals surface area contributed by atoms with Crippen LogP contribution in [0.4, 0.5) is 18.9 Å². The summed E-state index contributed by atoms with van der Waals surface area (Å²) >= 11 is 5.84. The number of pyridine rings is 1. The van der Waals surface area contributed by atoms with Crippen molar-refractivity contribution in [3.8, 4) is 0 Å². The number of carbonyl (C=O) groups is 1. The predicted molar refractivity (Wildman–Crippen MR) is 110 cm³/mol. The maximum Gasteiger partial charge on any atom is 0.404 e. The standard InChI is InChI=1S/C19H22ClF3N4O3S/c1-11-16(18(28)25-13-7-8-24-15(20)10-13)27-9-5-3-4-6-14(27)17(11)31(29,30)26-12(2)19(21,22)23/h7-8,10,12,26H,3-6,9H2,1-2H3,(H,24,25,28). The first-order valence-electron chi connectivity index (χ1n) is 9.65. The molecule has 2 N–H and O–H groups in total. The minimum absolute atomic E-state index is 0.102. The molecule has 1 unspecified atom stereocenters. The fraction of sp³-hybridized carbons (Fsp3) is 0.474. The molecule has 170 valence electrons. The molecule has 0 saturated carbocycles. The van der Waals surface area contributed by atoms with Gasteiger partial charge in [0.15, 0.2) is 0 Å². The van der Waals surface area contributed by atoms with Crippen LogP contribution < -0.4 is 10.0 Å². The highest BCUT2D eigenvalue weighted by Gasteiger charge is 2.41. The van der Waals surface area contributed by atoms with E-state index in [1.54, 1.807) is 9.29 Å². The summed E-state index contributed by atoms with van der Waals surface area (Å²) in [6, 6.07) is 0.690. The normalized spacial score (nSPS) is 15.8. The van der Waals surface area contributed by atoms with E-state index in [0.717, 1.165) is 13.3 Å². The molecular formula is C19H22ClF3N4O3S. The molecule has 1 aliphatic rings. The number of hydrogen-bond donors (Lipinski definition) is 2. The van der Waals surface area contributed by atoms with Crippen molar-refractivity contribution in [2.75, 3.05) is 5.32 Å². The molecule has 7 nitrogen and oxygen atoms in total. The molecule has 0 bridgehead atoms. The third-order valence-electron chi connectivity index (χ3n) is 5.14. The number of sulfonamides is 1. The van der Waals surface area contributed by atoms with E-state index in [2.05, 4.69) is 10.3 Å². The van der Waals surface area contributed by atoms with Crippen LogP contribution in [0.25, 0.3) is 0 Å². The first-order valence-corrected chi connectivity index (χ1v) is 11.5. The summed E-state index contributed by atoms with van der Waals surface area (Å²) in [6.45, 7) is 2.56. The lowest BCUT2D eigenvalue weighted by atomic mass is 10.1. The third-order valence-corrected chi connectivity index (χ3v) is 7.09. The van der Waals surface area contributed by atoms with Crippen LogP contribution in [0.3, 0.4) is 0 Å². The van der Waals surface area contributed by atoms with Crippen molar-refractivity contribution in [2.45, 2.75) is 63.2 Å². The Bertz CT molecular complexity index is 1100. The summed E-state index contributed by atoms with van der Waals surface area (Å²) in [4.78, 5) is 16.6. The lowest BCUT2D eigenvalue weighted by Crippen LogP contribution is -2.43. The van der Waals surface area contributed by atoms with Crippen LogP contribution in [0, 0.1) is 6.92 Å². The van der Waals surface area contributed by atoms with E-state index in [-0.39, 0.29) is 21.3 Å². The van der Waals surface area contributed by atoms with Crippen LogP contribution in [0.15, 0.2) is 23.2 Å². The zero-order chi connectivity index (χ0) is 23.0. The molecule has 0 saturated heterocycles. The number of fused-ring (bicyclic) bond motifs is 1. The fourth-order valence-electron chi connectivity index (χ4n) is 3.70. The van der Waals surface area contributed by atoms with Gasteiger partial charge in [0.1, 0.15) is 21.8 Å². The number of hydrogen-bond acceptors (Lipinski definition) is 4. The highest BCUT2D eigenvalue weighted by molar-refractivity contribution is 7.89. The topological polar surface area (TPSA) is 93.1 Å². The Kier molecular flexibility index (Phi) is 6.68. The van der Waals surface area contributed by atoms with Crippen LogP contribution in [0.1, 0.15) is 47.9 Å². The molecular weight excluding hydrogens is 457 g/mol. The number of alkyl halides is 3. The fourth-order valence-corrected chi connectivity index (χ4v) is 5.61. The molecule has 0 radical (unpaired) electrons. The van der Waals surface area contributed by atoms with Gasteiger partial charge in [-0.15, -0.1) is 0 Å². The van der Waals surface area contributed by atoms with Crippen LogP contribution in [-0.2, 0) is 23.0 Å². The van der Waals surface area contributed by atoms with E-state index in [4.69, 9.17) is 11.6 Å². The van der Waals surface area contributed by atoms with Gasteiger partial charge in [0, 0.05) is 29.7 Å². The average molecular weight is 479 g/mol. The minimum atomic E-state index is -4.74. The van der Waals surface area contributed by atoms with Crippen LogP contribution in [-0.4, -0.2) is 36.1 Å². The van der Waals surface area contributed by atoms with Gasteiger partial charge >= 0.3 is 6.18 Å². The van der Waals surface area contributed by atoms with Gasteiger partial charge in [0.25, 0.3) is 5.91 Å². The molecule has 0 spiro atoms. The van der Waals surface area contributed by atoms with Crippen molar-refractivity contribution in [3.05, 3.63) is 40.4 Å². The van der Waals surface area contributed by atoms with E-state index in [1.165, 1.54) is 25.3 Å². The number of anilines is 1. The highest BCUT2D eigenvalue weighted by atomic mass is 35.5. The van der Waals surface area contributed by atoms with E-state index in [0.29, 0.717) is 37.2 Å². The Morgan fingerprint density at radius 2 is 2.00 bits per heavy atom. The minimum Gasteiger partial charge on any atom is -0.339 e. The number of halogens is 4. The maximum atomic E-state index is 13.1. The SMILES string of the molecule is Cc1c(S(=O)(=O)NC(C)C(F)(F)F)c2n(c1C(=O)Nc1ccnc(Cl)c1)CCCCC2. The molecule has 0 aliphatic carbocycles. The lowest BCUT2D eigenvalue weighted by Gasteiger charge is -2.18.